The quantitative estimate of drug-likeness (QED) is 0.692. The van der Waals surface area contributed by atoms with Crippen molar-refractivity contribution in [2.45, 2.75) is 53.4 Å². The maximum absolute atomic E-state index is 11.0. The summed E-state index contributed by atoms with van der Waals surface area (Å²) in [5, 5.41) is 2.35. The number of hydrogen-bond donors (Lipinski definition) is 0. The van der Waals surface area contributed by atoms with E-state index in [2.05, 4.69) is 0 Å². The Kier molecular flexibility index (Phi) is 7.28. The monoisotopic (exact) mass is 376 g/mol. The van der Waals surface area contributed by atoms with Crippen LogP contribution in [0.25, 0.3) is 0 Å². The molecule has 0 aromatic heterocycles. The lowest BCUT2D eigenvalue weighted by atomic mass is 10.2. The SMILES string of the molecule is CCC1=CS(=O)(=O)OC(CC)=C1.CCC1=CS(=O)(=O)OC(CC)=C1. The summed E-state index contributed by atoms with van der Waals surface area (Å²) in [4.78, 5) is 0. The highest BCUT2D eigenvalue weighted by atomic mass is 32.2. The van der Waals surface area contributed by atoms with Gasteiger partial charge >= 0.3 is 20.2 Å². The van der Waals surface area contributed by atoms with Crippen LogP contribution in [-0.4, -0.2) is 16.8 Å². The summed E-state index contributed by atoms with van der Waals surface area (Å²) in [7, 11) is -6.87. The second-order valence-corrected chi connectivity index (χ2v) is 7.95. The van der Waals surface area contributed by atoms with Gasteiger partial charge in [0.2, 0.25) is 0 Å². The van der Waals surface area contributed by atoms with E-state index in [-0.39, 0.29) is 0 Å². The van der Waals surface area contributed by atoms with Crippen molar-refractivity contribution in [3.8, 4) is 0 Å². The molecule has 0 spiro atoms. The van der Waals surface area contributed by atoms with Gasteiger partial charge in [-0.2, -0.15) is 16.8 Å². The zero-order valence-electron chi connectivity index (χ0n) is 14.4. The number of allylic oxidation sites excluding steroid dienone is 6. The molecule has 0 aliphatic carbocycles. The van der Waals surface area contributed by atoms with Crippen LogP contribution in [-0.2, 0) is 28.6 Å². The summed E-state index contributed by atoms with van der Waals surface area (Å²) >= 11 is 0. The summed E-state index contributed by atoms with van der Waals surface area (Å²) in [5.74, 6) is 1.05. The lowest BCUT2D eigenvalue weighted by Gasteiger charge is -2.12. The van der Waals surface area contributed by atoms with Gasteiger partial charge in [-0.15, -0.1) is 0 Å². The molecular formula is C16H24O6S2. The molecule has 0 bridgehead atoms. The highest BCUT2D eigenvalue weighted by Crippen LogP contribution is 2.22. The Bertz CT molecular complexity index is 712. The van der Waals surface area contributed by atoms with Gasteiger partial charge in [0, 0.05) is 12.8 Å². The summed E-state index contributed by atoms with van der Waals surface area (Å²) < 4.78 is 53.6. The lowest BCUT2D eigenvalue weighted by molar-refractivity contribution is 0.398. The normalized spacial score (nSPS) is 20.8. The van der Waals surface area contributed by atoms with Crippen molar-refractivity contribution in [1.29, 1.82) is 0 Å². The first kappa shape index (κ1) is 20.5. The van der Waals surface area contributed by atoms with E-state index >= 15 is 0 Å². The zero-order valence-corrected chi connectivity index (χ0v) is 16.0. The van der Waals surface area contributed by atoms with Gasteiger partial charge in [0.1, 0.15) is 11.5 Å². The molecule has 0 fully saturated rings. The molecule has 0 aromatic rings. The Morgan fingerprint density at radius 2 is 1.00 bits per heavy atom. The predicted octanol–water partition coefficient (Wildman–Crippen LogP) is 3.87. The molecule has 2 heterocycles. The van der Waals surface area contributed by atoms with Gasteiger partial charge in [-0.1, -0.05) is 27.7 Å². The topological polar surface area (TPSA) is 86.7 Å². The number of hydrogen-bond acceptors (Lipinski definition) is 6. The summed E-state index contributed by atoms with van der Waals surface area (Å²) in [6.07, 6.45) is 6.20. The van der Waals surface area contributed by atoms with Crippen LogP contribution in [0.15, 0.2) is 45.6 Å². The van der Waals surface area contributed by atoms with Crippen molar-refractivity contribution in [3.63, 3.8) is 0 Å². The molecule has 0 radical (unpaired) electrons. The minimum atomic E-state index is -3.44. The highest BCUT2D eigenvalue weighted by Gasteiger charge is 2.17. The van der Waals surface area contributed by atoms with E-state index < -0.39 is 20.2 Å². The van der Waals surface area contributed by atoms with Crippen LogP contribution in [0.1, 0.15) is 53.4 Å². The highest BCUT2D eigenvalue weighted by molar-refractivity contribution is 7.90. The largest absolute Gasteiger partial charge is 0.384 e. The molecule has 136 valence electrons. The van der Waals surface area contributed by atoms with E-state index in [0.29, 0.717) is 37.2 Å². The molecule has 6 nitrogen and oxygen atoms in total. The Morgan fingerprint density at radius 3 is 1.25 bits per heavy atom. The molecule has 2 aliphatic rings. The van der Waals surface area contributed by atoms with Crippen molar-refractivity contribution >= 4 is 20.2 Å². The van der Waals surface area contributed by atoms with E-state index in [1.54, 1.807) is 12.2 Å². The van der Waals surface area contributed by atoms with Gasteiger partial charge in [-0.25, -0.2) is 0 Å². The molecule has 8 heteroatoms. The standard InChI is InChI=1S/2C8H12O3S/c2*1-3-7-5-8(4-2)11-12(9,10)6-7/h2*5-6H,3-4H2,1-2H3. The molecule has 2 aliphatic heterocycles. The second kappa shape index (κ2) is 8.53. The smallest absolute Gasteiger partial charge is 0.332 e. The van der Waals surface area contributed by atoms with Gasteiger partial charge in [-0.3, -0.25) is 0 Å². The van der Waals surface area contributed by atoms with Crippen molar-refractivity contribution in [3.05, 3.63) is 45.6 Å². The van der Waals surface area contributed by atoms with Gasteiger partial charge in [0.25, 0.3) is 0 Å². The molecule has 0 aromatic carbocycles. The Hall–Kier alpha value is -1.54. The van der Waals surface area contributed by atoms with Gasteiger partial charge in [0.15, 0.2) is 0 Å². The molecular weight excluding hydrogens is 352 g/mol. The molecule has 0 N–H and O–H groups in total. The number of rotatable bonds is 4. The third kappa shape index (κ3) is 6.52. The third-order valence-electron chi connectivity index (χ3n) is 3.24. The van der Waals surface area contributed by atoms with E-state index in [1.807, 2.05) is 27.7 Å². The van der Waals surface area contributed by atoms with E-state index in [4.69, 9.17) is 8.37 Å². The van der Waals surface area contributed by atoms with Crippen molar-refractivity contribution in [1.82, 2.24) is 0 Å². The summed E-state index contributed by atoms with van der Waals surface area (Å²) in [5.41, 5.74) is 1.61. The maximum Gasteiger partial charge on any atom is 0.332 e. The molecule has 0 saturated carbocycles. The van der Waals surface area contributed by atoms with Gasteiger partial charge in [-0.05, 0) is 36.1 Å². The van der Waals surface area contributed by atoms with Crippen molar-refractivity contribution in [2.75, 3.05) is 0 Å². The lowest BCUT2D eigenvalue weighted by Crippen LogP contribution is -2.07. The Morgan fingerprint density at radius 1 is 0.667 bits per heavy atom. The predicted molar refractivity (Wildman–Crippen MR) is 93.5 cm³/mol. The molecule has 0 atom stereocenters. The fourth-order valence-electron chi connectivity index (χ4n) is 1.94. The van der Waals surface area contributed by atoms with Crippen LogP contribution in [0.3, 0.4) is 0 Å². The second-order valence-electron chi connectivity index (χ2n) is 5.17. The third-order valence-corrected chi connectivity index (χ3v) is 5.32. The molecule has 0 amide bonds. The van der Waals surface area contributed by atoms with E-state index in [1.165, 1.54) is 10.8 Å². The fraction of sp³-hybridized carbons (Fsp3) is 0.500. The maximum atomic E-state index is 11.0. The first-order chi connectivity index (χ1) is 11.1. The van der Waals surface area contributed by atoms with Crippen molar-refractivity contribution in [2.24, 2.45) is 0 Å². The minimum Gasteiger partial charge on any atom is -0.384 e. The van der Waals surface area contributed by atoms with Crippen LogP contribution in [0.2, 0.25) is 0 Å². The van der Waals surface area contributed by atoms with Crippen LogP contribution < -0.4 is 0 Å². The average Bonchev–Trinajstić information content (AvgIpc) is 2.52. The van der Waals surface area contributed by atoms with Crippen LogP contribution in [0, 0.1) is 0 Å². The summed E-state index contributed by atoms with van der Waals surface area (Å²) in [6.45, 7) is 7.55. The van der Waals surface area contributed by atoms with Crippen LogP contribution >= 0.6 is 0 Å². The Balaban J connectivity index is 0.000000240. The van der Waals surface area contributed by atoms with Crippen LogP contribution in [0.4, 0.5) is 0 Å². The Labute approximate surface area is 144 Å². The van der Waals surface area contributed by atoms with Gasteiger partial charge < -0.3 is 8.37 Å². The molecule has 0 unspecified atom stereocenters. The first-order valence-corrected chi connectivity index (χ1v) is 10.8. The zero-order chi connectivity index (χ0) is 18.4. The van der Waals surface area contributed by atoms with Crippen molar-refractivity contribution < 1.29 is 25.2 Å². The summed E-state index contributed by atoms with van der Waals surface area (Å²) in [6, 6.07) is 0. The minimum absolute atomic E-state index is 0.523. The van der Waals surface area contributed by atoms with Gasteiger partial charge in [0.05, 0.1) is 10.8 Å². The van der Waals surface area contributed by atoms with E-state index in [0.717, 1.165) is 11.1 Å². The molecule has 24 heavy (non-hydrogen) atoms. The van der Waals surface area contributed by atoms with Crippen LogP contribution in [0.5, 0.6) is 0 Å². The molecule has 2 rings (SSSR count). The first-order valence-electron chi connectivity index (χ1n) is 7.85. The fourth-order valence-corrected chi connectivity index (χ4v) is 4.18. The molecule has 0 saturated heterocycles. The van der Waals surface area contributed by atoms with E-state index in [9.17, 15) is 16.8 Å². The average molecular weight is 376 g/mol.